The van der Waals surface area contributed by atoms with Gasteiger partial charge in [0.15, 0.2) is 29.1 Å². The van der Waals surface area contributed by atoms with Gasteiger partial charge >= 0.3 is 5.69 Å². The van der Waals surface area contributed by atoms with Gasteiger partial charge in [0.2, 0.25) is 10.0 Å². The van der Waals surface area contributed by atoms with Crippen molar-refractivity contribution in [1.29, 1.82) is 0 Å². The summed E-state index contributed by atoms with van der Waals surface area (Å²) < 4.78 is 76.8. The molecule has 1 saturated carbocycles. The lowest BCUT2D eigenvalue weighted by Crippen LogP contribution is -2.37. The minimum Gasteiger partial charge on any atom is -0.441 e. The van der Waals surface area contributed by atoms with Crippen molar-refractivity contribution >= 4 is 32.2 Å². The van der Waals surface area contributed by atoms with Crippen molar-refractivity contribution < 1.29 is 26.0 Å². The van der Waals surface area contributed by atoms with Gasteiger partial charge in [-0.2, -0.15) is 3.97 Å². The zero-order valence-electron chi connectivity index (χ0n) is 16.7. The molecule has 0 radical (unpaired) electrons. The van der Waals surface area contributed by atoms with Gasteiger partial charge in [-0.1, -0.05) is 12.1 Å². The molecule has 0 unspecified atom stereocenters. The first-order chi connectivity index (χ1) is 15.1. The van der Waals surface area contributed by atoms with Crippen LogP contribution in [0.25, 0.3) is 27.8 Å². The molecule has 4 aromatic rings. The van der Waals surface area contributed by atoms with Crippen LogP contribution in [0.2, 0.25) is 0 Å². The molecule has 166 valence electrons. The summed E-state index contributed by atoms with van der Waals surface area (Å²) in [5, 5.41) is 0. The summed E-state index contributed by atoms with van der Waals surface area (Å²) in [7, 11) is -4.44. The number of aromatic nitrogens is 3. The molecule has 0 aliphatic heterocycles. The summed E-state index contributed by atoms with van der Waals surface area (Å²) in [6.45, 7) is 5.18. The van der Waals surface area contributed by atoms with Crippen LogP contribution in [0, 0.1) is 24.4 Å². The predicted molar refractivity (Wildman–Crippen MR) is 111 cm³/mol. The largest absolute Gasteiger partial charge is 0.441 e. The second-order valence-electron chi connectivity index (χ2n) is 7.87. The molecule has 0 atom stereocenters. The van der Waals surface area contributed by atoms with E-state index in [2.05, 4.69) is 11.6 Å². The quantitative estimate of drug-likeness (QED) is 0.419. The van der Waals surface area contributed by atoms with E-state index < -0.39 is 65.7 Å². The van der Waals surface area contributed by atoms with Crippen LogP contribution in [0.1, 0.15) is 24.8 Å². The number of allylic oxidation sites excluding steroid dienone is 1. The van der Waals surface area contributed by atoms with Gasteiger partial charge in [0, 0.05) is 0 Å². The number of halogens is 3. The van der Waals surface area contributed by atoms with Gasteiger partial charge in [0.25, 0.3) is 0 Å². The van der Waals surface area contributed by atoms with Crippen molar-refractivity contribution in [3.8, 4) is 5.69 Å². The second-order valence-corrected chi connectivity index (χ2v) is 10.1. The highest BCUT2D eigenvalue weighted by Crippen LogP contribution is 2.48. The summed E-state index contributed by atoms with van der Waals surface area (Å²) in [6, 6.07) is 3.76. The molecule has 0 bridgehead atoms. The van der Waals surface area contributed by atoms with E-state index in [1.807, 2.05) is 0 Å². The number of benzene rings is 2. The highest BCUT2D eigenvalue weighted by atomic mass is 32.2. The maximum absolute atomic E-state index is 15.2. The molecular formula is C21H16F3N3O4S. The number of hydrogen-bond acceptors (Lipinski definition) is 5. The Morgan fingerprint density at radius 2 is 1.94 bits per heavy atom. The van der Waals surface area contributed by atoms with Crippen molar-refractivity contribution in [3.63, 3.8) is 0 Å². The fourth-order valence-corrected chi connectivity index (χ4v) is 6.10. The van der Waals surface area contributed by atoms with E-state index in [-0.39, 0.29) is 19.3 Å². The summed E-state index contributed by atoms with van der Waals surface area (Å²) in [6.07, 6.45) is 2.79. The number of fused-ring (bicyclic) bond motifs is 3. The third-order valence-corrected chi connectivity index (χ3v) is 8.35. The zero-order chi connectivity index (χ0) is 23.0. The minimum atomic E-state index is -4.44. The van der Waals surface area contributed by atoms with Crippen LogP contribution in [0.5, 0.6) is 0 Å². The van der Waals surface area contributed by atoms with E-state index in [9.17, 15) is 22.0 Å². The van der Waals surface area contributed by atoms with Crippen LogP contribution < -0.4 is 5.69 Å². The van der Waals surface area contributed by atoms with Crippen LogP contribution in [-0.2, 0) is 10.0 Å². The molecule has 1 fully saturated rings. The zero-order valence-corrected chi connectivity index (χ0v) is 17.5. The maximum Gasteiger partial charge on any atom is 0.348 e. The van der Waals surface area contributed by atoms with Crippen molar-refractivity contribution in [2.75, 3.05) is 0 Å². The Labute approximate surface area is 179 Å². The third-order valence-electron chi connectivity index (χ3n) is 5.86. The number of oxazole rings is 1. The van der Waals surface area contributed by atoms with Gasteiger partial charge in [-0.15, -0.1) is 6.58 Å². The fourth-order valence-electron chi connectivity index (χ4n) is 4.07. The number of hydrogen-bond donors (Lipinski definition) is 0. The Hall–Kier alpha value is -3.34. The number of aryl methyl sites for hydroxylation is 1. The van der Waals surface area contributed by atoms with E-state index in [4.69, 9.17) is 4.42 Å². The van der Waals surface area contributed by atoms with Gasteiger partial charge in [-0.25, -0.2) is 31.4 Å². The van der Waals surface area contributed by atoms with Crippen LogP contribution in [-0.4, -0.2) is 26.7 Å². The van der Waals surface area contributed by atoms with Crippen molar-refractivity contribution in [3.05, 3.63) is 70.7 Å². The Balaban J connectivity index is 2.02. The van der Waals surface area contributed by atoms with Crippen LogP contribution >= 0.6 is 0 Å². The molecular weight excluding hydrogens is 447 g/mol. The normalized spacial score (nSPS) is 15.5. The molecule has 0 spiro atoms. The van der Waals surface area contributed by atoms with Crippen LogP contribution in [0.4, 0.5) is 13.2 Å². The highest BCUT2D eigenvalue weighted by Gasteiger charge is 2.56. The molecule has 1 aliphatic rings. The molecule has 11 heteroatoms. The van der Waals surface area contributed by atoms with E-state index in [1.165, 1.54) is 18.2 Å². The summed E-state index contributed by atoms with van der Waals surface area (Å²) >= 11 is 0. The molecule has 1 aliphatic carbocycles. The fraction of sp³-hybridized carbons (Fsp3) is 0.238. The molecule has 7 nitrogen and oxygen atoms in total. The molecule has 32 heavy (non-hydrogen) atoms. The number of imidazole rings is 1. The monoisotopic (exact) mass is 463 g/mol. The Kier molecular flexibility index (Phi) is 4.23. The summed E-state index contributed by atoms with van der Waals surface area (Å²) in [5.74, 6) is -3.89. The maximum atomic E-state index is 15.2. The molecule has 0 N–H and O–H groups in total. The first-order valence-corrected chi connectivity index (χ1v) is 11.1. The average molecular weight is 463 g/mol. The van der Waals surface area contributed by atoms with Gasteiger partial charge in [0.1, 0.15) is 16.9 Å². The molecule has 0 saturated heterocycles. The molecule has 2 aromatic carbocycles. The van der Waals surface area contributed by atoms with E-state index in [0.29, 0.717) is 14.1 Å². The molecule has 2 aromatic heterocycles. The first-order valence-electron chi connectivity index (χ1n) is 9.65. The van der Waals surface area contributed by atoms with E-state index >= 15 is 4.39 Å². The molecule has 5 rings (SSSR count). The van der Waals surface area contributed by atoms with Crippen molar-refractivity contribution in [2.24, 2.45) is 0 Å². The standard InChI is InChI=1S/C21H16F3N3O4S/c1-3-6-21(7-8-21)32(29,30)27-18-17(15(24)14(23)16-19(18)31-10-25-16)26(20(27)28)13-5-4-11(2)9-12(13)22/h3-5,9-10H,1,6-8H2,2H3. The number of rotatable bonds is 5. The lowest BCUT2D eigenvalue weighted by atomic mass is 10.2. The van der Waals surface area contributed by atoms with Gasteiger partial charge < -0.3 is 4.42 Å². The SMILES string of the molecule is C=CCC1(S(=O)(=O)n2c(=O)n(-c3ccc(C)cc3F)c3c(F)c(F)c4ncoc4c32)CC1. The Morgan fingerprint density at radius 1 is 1.22 bits per heavy atom. The third kappa shape index (κ3) is 2.51. The van der Waals surface area contributed by atoms with Gasteiger partial charge in [-0.05, 0) is 43.9 Å². The second kappa shape index (κ2) is 6.58. The summed E-state index contributed by atoms with van der Waals surface area (Å²) in [5.41, 5.74) is -3.46. The van der Waals surface area contributed by atoms with Crippen LogP contribution in [0.3, 0.4) is 0 Å². The average Bonchev–Trinajstić information content (AvgIpc) is 3.25. The minimum absolute atomic E-state index is 0.0521. The number of nitrogens with zero attached hydrogens (tertiary/aromatic N) is 3. The molecule has 2 heterocycles. The van der Waals surface area contributed by atoms with Crippen LogP contribution in [0.15, 0.2) is 46.5 Å². The highest BCUT2D eigenvalue weighted by molar-refractivity contribution is 7.91. The lowest BCUT2D eigenvalue weighted by molar-refractivity contribution is 0.519. The summed E-state index contributed by atoms with van der Waals surface area (Å²) in [4.78, 5) is 17.1. The topological polar surface area (TPSA) is 87.1 Å². The molecule has 0 amide bonds. The van der Waals surface area contributed by atoms with E-state index in [0.717, 1.165) is 12.5 Å². The predicted octanol–water partition coefficient (Wildman–Crippen LogP) is 3.95. The smallest absolute Gasteiger partial charge is 0.348 e. The van der Waals surface area contributed by atoms with Crippen molar-refractivity contribution in [1.82, 2.24) is 13.5 Å². The van der Waals surface area contributed by atoms with Gasteiger partial charge in [0.05, 0.1) is 10.4 Å². The van der Waals surface area contributed by atoms with Crippen molar-refractivity contribution in [2.45, 2.75) is 30.9 Å². The Morgan fingerprint density at radius 3 is 2.56 bits per heavy atom. The van der Waals surface area contributed by atoms with E-state index in [1.54, 1.807) is 6.92 Å². The Bertz CT molecular complexity index is 1610. The first kappa shape index (κ1) is 20.6. The lowest BCUT2D eigenvalue weighted by Gasteiger charge is -2.15. The van der Waals surface area contributed by atoms with Gasteiger partial charge in [-0.3, -0.25) is 4.57 Å².